The van der Waals surface area contributed by atoms with E-state index in [0.717, 1.165) is 0 Å². The molecule has 0 fully saturated rings. The van der Waals surface area contributed by atoms with E-state index in [-0.39, 0.29) is 10.8 Å². The fourth-order valence-corrected chi connectivity index (χ4v) is 1.51. The Morgan fingerprint density at radius 1 is 1.38 bits per heavy atom. The van der Waals surface area contributed by atoms with Crippen molar-refractivity contribution in [2.75, 3.05) is 0 Å². The molecule has 0 aliphatic carbocycles. The first-order valence-corrected chi connectivity index (χ1v) is 7.10. The van der Waals surface area contributed by atoms with Gasteiger partial charge in [-0.1, -0.05) is 27.4 Å². The van der Waals surface area contributed by atoms with E-state index >= 15 is 0 Å². The molecule has 0 aromatic carbocycles. The molecule has 0 atom stereocenters. The zero-order valence-electron chi connectivity index (χ0n) is 8.97. The molecule has 0 heterocycles. The zero-order chi connectivity index (χ0) is 10.9. The van der Waals surface area contributed by atoms with Gasteiger partial charge in [0, 0.05) is 0 Å². The van der Waals surface area contributed by atoms with Crippen LogP contribution in [-0.2, 0) is 9.22 Å². The molecular formula is C9H18O3Si. The van der Waals surface area contributed by atoms with Gasteiger partial charge in [0.15, 0.2) is 5.76 Å². The zero-order valence-corrected chi connectivity index (χ0v) is 9.97. The predicted octanol–water partition coefficient (Wildman–Crippen LogP) is 2.61. The first kappa shape index (κ1) is 12.2. The SMILES string of the molecule is C=C(O[Si](C)(C)C(C)(C)C)C(=O)O. The highest BCUT2D eigenvalue weighted by molar-refractivity contribution is 6.74. The molecule has 0 saturated heterocycles. The molecule has 0 bridgehead atoms. The number of aliphatic carboxylic acids is 1. The van der Waals surface area contributed by atoms with E-state index in [1.165, 1.54) is 0 Å². The first-order chi connectivity index (χ1) is 5.58. The Hall–Kier alpha value is -0.773. The third-order valence-corrected chi connectivity index (χ3v) is 6.79. The van der Waals surface area contributed by atoms with Crippen molar-refractivity contribution in [3.63, 3.8) is 0 Å². The van der Waals surface area contributed by atoms with Crippen LogP contribution in [0.1, 0.15) is 20.8 Å². The lowest BCUT2D eigenvalue weighted by Gasteiger charge is -2.36. The lowest BCUT2D eigenvalue weighted by atomic mass is 10.2. The van der Waals surface area contributed by atoms with Gasteiger partial charge in [-0.3, -0.25) is 0 Å². The summed E-state index contributed by atoms with van der Waals surface area (Å²) in [7, 11) is -2.01. The van der Waals surface area contributed by atoms with Crippen molar-refractivity contribution in [1.82, 2.24) is 0 Å². The van der Waals surface area contributed by atoms with Crippen molar-refractivity contribution in [1.29, 1.82) is 0 Å². The minimum atomic E-state index is -2.01. The molecule has 0 unspecified atom stereocenters. The topological polar surface area (TPSA) is 46.5 Å². The first-order valence-electron chi connectivity index (χ1n) is 4.19. The predicted molar refractivity (Wildman–Crippen MR) is 55.1 cm³/mol. The molecule has 3 nitrogen and oxygen atoms in total. The Morgan fingerprint density at radius 2 is 1.77 bits per heavy atom. The Morgan fingerprint density at radius 3 is 2.00 bits per heavy atom. The molecule has 4 heteroatoms. The third-order valence-electron chi connectivity index (χ3n) is 2.42. The number of carboxylic acids is 1. The maximum absolute atomic E-state index is 10.5. The largest absolute Gasteiger partial charge is 0.539 e. The lowest BCUT2D eigenvalue weighted by Crippen LogP contribution is -2.41. The highest BCUT2D eigenvalue weighted by Crippen LogP contribution is 2.37. The second kappa shape index (κ2) is 3.53. The molecule has 0 aromatic heterocycles. The summed E-state index contributed by atoms with van der Waals surface area (Å²) in [5.41, 5.74) is 0. The van der Waals surface area contributed by atoms with Gasteiger partial charge in [0.25, 0.3) is 8.32 Å². The molecule has 0 aliphatic heterocycles. The van der Waals surface area contributed by atoms with Crippen LogP contribution in [0.25, 0.3) is 0 Å². The number of hydrogen-bond acceptors (Lipinski definition) is 2. The summed E-state index contributed by atoms with van der Waals surface area (Å²) in [6, 6.07) is 0. The summed E-state index contributed by atoms with van der Waals surface area (Å²) in [6.45, 7) is 13.5. The van der Waals surface area contributed by atoms with E-state index in [2.05, 4.69) is 6.58 Å². The fourth-order valence-electron chi connectivity index (χ4n) is 0.505. The Kier molecular flexibility index (Phi) is 3.32. The van der Waals surface area contributed by atoms with Crippen LogP contribution in [0.3, 0.4) is 0 Å². The summed E-state index contributed by atoms with van der Waals surface area (Å²) in [6.07, 6.45) is 0. The molecule has 0 spiro atoms. The van der Waals surface area contributed by atoms with E-state index in [9.17, 15) is 4.79 Å². The molecule has 0 radical (unpaired) electrons. The summed E-state index contributed by atoms with van der Waals surface area (Å²) in [5, 5.41) is 8.61. The van der Waals surface area contributed by atoms with Crippen LogP contribution >= 0.6 is 0 Å². The number of rotatable bonds is 3. The quantitative estimate of drug-likeness (QED) is 0.435. The van der Waals surface area contributed by atoms with E-state index in [1.807, 2.05) is 33.9 Å². The maximum Gasteiger partial charge on any atom is 0.369 e. The molecule has 76 valence electrons. The molecule has 0 aromatic rings. The van der Waals surface area contributed by atoms with E-state index in [1.54, 1.807) is 0 Å². The smallest absolute Gasteiger partial charge is 0.369 e. The lowest BCUT2D eigenvalue weighted by molar-refractivity contribution is -0.135. The van der Waals surface area contributed by atoms with E-state index < -0.39 is 14.3 Å². The molecule has 0 aliphatic rings. The minimum Gasteiger partial charge on any atom is -0.539 e. The molecular weight excluding hydrogens is 184 g/mol. The number of hydrogen-bond donors (Lipinski definition) is 1. The van der Waals surface area contributed by atoms with Gasteiger partial charge in [-0.25, -0.2) is 4.79 Å². The summed E-state index contributed by atoms with van der Waals surface area (Å²) < 4.78 is 5.41. The third kappa shape index (κ3) is 3.22. The highest BCUT2D eigenvalue weighted by atomic mass is 28.4. The number of carboxylic acid groups (broad SMARTS) is 1. The maximum atomic E-state index is 10.5. The standard InChI is InChI=1S/C9H18O3Si/c1-7(8(10)11)12-13(5,6)9(2,3)4/h1H2,2-6H3,(H,10,11). The minimum absolute atomic E-state index is 0.00535. The van der Waals surface area contributed by atoms with Gasteiger partial charge in [0.1, 0.15) is 0 Å². The van der Waals surface area contributed by atoms with Gasteiger partial charge in [0.2, 0.25) is 0 Å². The van der Waals surface area contributed by atoms with Crippen LogP contribution in [-0.4, -0.2) is 19.4 Å². The second-order valence-electron chi connectivity index (χ2n) is 4.59. The molecule has 1 N–H and O–H groups in total. The van der Waals surface area contributed by atoms with E-state index in [0.29, 0.717) is 0 Å². The van der Waals surface area contributed by atoms with Gasteiger partial charge in [-0.2, -0.15) is 0 Å². The van der Waals surface area contributed by atoms with E-state index in [4.69, 9.17) is 9.53 Å². The molecule has 0 amide bonds. The van der Waals surface area contributed by atoms with Crippen molar-refractivity contribution in [3.8, 4) is 0 Å². The van der Waals surface area contributed by atoms with Crippen molar-refractivity contribution >= 4 is 14.3 Å². The van der Waals surface area contributed by atoms with Gasteiger partial charge in [-0.15, -0.1) is 0 Å². The number of carbonyl (C=O) groups is 1. The van der Waals surface area contributed by atoms with Gasteiger partial charge in [0.05, 0.1) is 0 Å². The Bertz CT molecular complexity index is 226. The molecule has 0 rings (SSSR count). The van der Waals surface area contributed by atoms with Crippen molar-refractivity contribution in [2.45, 2.75) is 38.9 Å². The fraction of sp³-hybridized carbons (Fsp3) is 0.667. The second-order valence-corrected chi connectivity index (χ2v) is 9.32. The highest BCUT2D eigenvalue weighted by Gasteiger charge is 2.39. The van der Waals surface area contributed by atoms with Gasteiger partial charge >= 0.3 is 5.97 Å². The normalized spacial score (nSPS) is 12.4. The van der Waals surface area contributed by atoms with Crippen LogP contribution in [0.4, 0.5) is 0 Å². The van der Waals surface area contributed by atoms with Crippen molar-refractivity contribution < 1.29 is 14.3 Å². The van der Waals surface area contributed by atoms with Crippen molar-refractivity contribution in [2.24, 2.45) is 0 Å². The summed E-state index contributed by atoms with van der Waals surface area (Å²) in [4.78, 5) is 10.5. The molecule has 0 saturated carbocycles. The van der Waals surface area contributed by atoms with Crippen LogP contribution in [0.15, 0.2) is 12.3 Å². The Labute approximate surface area is 80.5 Å². The van der Waals surface area contributed by atoms with Crippen LogP contribution in [0.2, 0.25) is 18.1 Å². The van der Waals surface area contributed by atoms with Crippen molar-refractivity contribution in [3.05, 3.63) is 12.3 Å². The van der Waals surface area contributed by atoms with Gasteiger partial charge < -0.3 is 9.53 Å². The van der Waals surface area contributed by atoms with Crippen LogP contribution < -0.4 is 0 Å². The van der Waals surface area contributed by atoms with Crippen LogP contribution in [0, 0.1) is 0 Å². The average molecular weight is 202 g/mol. The summed E-state index contributed by atoms with van der Waals surface area (Å²) >= 11 is 0. The van der Waals surface area contributed by atoms with Crippen LogP contribution in [0.5, 0.6) is 0 Å². The average Bonchev–Trinajstić information content (AvgIpc) is 1.83. The molecule has 13 heavy (non-hydrogen) atoms. The summed E-state index contributed by atoms with van der Waals surface area (Å²) in [5.74, 6) is -1.23. The Balaban J connectivity index is 4.53. The monoisotopic (exact) mass is 202 g/mol. The van der Waals surface area contributed by atoms with Gasteiger partial charge in [-0.05, 0) is 18.1 Å².